The Labute approximate surface area is 115 Å². The largest absolute Gasteiger partial charge is 0.476 e. The maximum atomic E-state index is 11.6. The summed E-state index contributed by atoms with van der Waals surface area (Å²) < 4.78 is 0.715. The van der Waals surface area contributed by atoms with Gasteiger partial charge in [0.15, 0.2) is 0 Å². The van der Waals surface area contributed by atoms with E-state index in [4.69, 9.17) is 28.3 Å². The number of rotatable bonds is 2. The molecule has 1 aromatic carbocycles. The van der Waals surface area contributed by atoms with Crippen molar-refractivity contribution in [2.45, 2.75) is 0 Å². The van der Waals surface area contributed by atoms with E-state index in [0.29, 0.717) is 4.68 Å². The second-order valence-electron chi connectivity index (χ2n) is 3.42. The SMILES string of the molecule is O=C(O)c1nn(-c2ccc(Cl)c(Cl)c2)c(=O)[nH]c1=O. The van der Waals surface area contributed by atoms with Crippen LogP contribution >= 0.6 is 23.2 Å². The standard InChI is InChI=1S/C10H5Cl2N3O4/c11-5-2-1-4(3-6(5)12)15-10(19)13-8(16)7(14-15)9(17)18/h1-3H,(H,17,18)(H,13,16,19). The summed E-state index contributed by atoms with van der Waals surface area (Å²) in [5, 5.41) is 12.7. The molecule has 2 aromatic rings. The molecule has 7 nitrogen and oxygen atoms in total. The third-order valence-corrected chi connectivity index (χ3v) is 2.92. The van der Waals surface area contributed by atoms with Gasteiger partial charge in [0.1, 0.15) is 0 Å². The predicted octanol–water partition coefficient (Wildman–Crippen LogP) is 0.926. The van der Waals surface area contributed by atoms with E-state index < -0.39 is 22.9 Å². The van der Waals surface area contributed by atoms with Crippen LogP contribution in [0.25, 0.3) is 5.69 Å². The molecular weight excluding hydrogens is 297 g/mol. The second kappa shape index (κ2) is 4.87. The summed E-state index contributed by atoms with van der Waals surface area (Å²) in [5.74, 6) is -1.55. The summed E-state index contributed by atoms with van der Waals surface area (Å²) in [5.41, 5.74) is -2.58. The van der Waals surface area contributed by atoms with Crippen molar-refractivity contribution in [2.75, 3.05) is 0 Å². The lowest BCUT2D eigenvalue weighted by Gasteiger charge is -2.05. The minimum atomic E-state index is -1.55. The first-order valence-corrected chi connectivity index (χ1v) is 5.58. The maximum absolute atomic E-state index is 11.6. The molecular formula is C10H5Cl2N3O4. The van der Waals surface area contributed by atoms with Gasteiger partial charge in [-0.3, -0.25) is 9.78 Å². The highest BCUT2D eigenvalue weighted by atomic mass is 35.5. The first-order chi connectivity index (χ1) is 8.90. The van der Waals surface area contributed by atoms with Crippen molar-refractivity contribution < 1.29 is 9.90 Å². The lowest BCUT2D eigenvalue weighted by atomic mass is 10.3. The predicted molar refractivity (Wildman–Crippen MR) is 67.4 cm³/mol. The van der Waals surface area contributed by atoms with Gasteiger partial charge in [0.2, 0.25) is 5.69 Å². The zero-order chi connectivity index (χ0) is 14.2. The number of hydrogen-bond donors (Lipinski definition) is 2. The minimum absolute atomic E-state index is 0.163. The monoisotopic (exact) mass is 301 g/mol. The zero-order valence-electron chi connectivity index (χ0n) is 9.05. The molecule has 0 atom stereocenters. The van der Waals surface area contributed by atoms with Crippen LogP contribution < -0.4 is 11.2 Å². The molecule has 1 aromatic heterocycles. The highest BCUT2D eigenvalue weighted by Crippen LogP contribution is 2.23. The lowest BCUT2D eigenvalue weighted by molar-refractivity contribution is 0.0685. The van der Waals surface area contributed by atoms with E-state index in [0.717, 1.165) is 0 Å². The van der Waals surface area contributed by atoms with E-state index in [9.17, 15) is 14.4 Å². The summed E-state index contributed by atoms with van der Waals surface area (Å²) >= 11 is 11.5. The number of carbonyl (C=O) groups is 1. The molecule has 9 heteroatoms. The van der Waals surface area contributed by atoms with Gasteiger partial charge >= 0.3 is 11.7 Å². The summed E-state index contributed by atoms with van der Waals surface area (Å²) in [6, 6.07) is 4.15. The summed E-state index contributed by atoms with van der Waals surface area (Å²) in [6.07, 6.45) is 0. The molecule has 0 aliphatic rings. The third-order valence-electron chi connectivity index (χ3n) is 2.18. The van der Waals surface area contributed by atoms with Crippen LogP contribution in [0, 0.1) is 0 Å². The van der Waals surface area contributed by atoms with Crippen molar-refractivity contribution in [1.82, 2.24) is 14.8 Å². The molecule has 1 heterocycles. The minimum Gasteiger partial charge on any atom is -0.476 e. The van der Waals surface area contributed by atoms with Crippen molar-refractivity contribution in [3.8, 4) is 5.69 Å². The van der Waals surface area contributed by atoms with Crippen LogP contribution in [-0.4, -0.2) is 25.8 Å². The number of benzene rings is 1. The van der Waals surface area contributed by atoms with Gasteiger partial charge in [-0.05, 0) is 18.2 Å². The number of nitrogens with one attached hydrogen (secondary N) is 1. The highest BCUT2D eigenvalue weighted by Gasteiger charge is 2.15. The van der Waals surface area contributed by atoms with Gasteiger partial charge in [0.25, 0.3) is 5.56 Å². The molecule has 2 rings (SSSR count). The van der Waals surface area contributed by atoms with Crippen molar-refractivity contribution in [2.24, 2.45) is 0 Å². The van der Waals surface area contributed by atoms with Crippen LogP contribution in [0.3, 0.4) is 0 Å². The molecule has 19 heavy (non-hydrogen) atoms. The number of carboxylic acids is 1. The molecule has 0 spiro atoms. The second-order valence-corrected chi connectivity index (χ2v) is 4.24. The number of aromatic carboxylic acids is 1. The highest BCUT2D eigenvalue weighted by molar-refractivity contribution is 6.42. The number of H-pyrrole nitrogens is 1. The summed E-state index contributed by atoms with van der Waals surface area (Å²) in [4.78, 5) is 35.5. The van der Waals surface area contributed by atoms with Gasteiger partial charge in [-0.1, -0.05) is 23.2 Å². The summed E-state index contributed by atoms with van der Waals surface area (Å²) in [7, 11) is 0. The average molecular weight is 302 g/mol. The normalized spacial score (nSPS) is 10.4. The van der Waals surface area contributed by atoms with E-state index in [-0.39, 0.29) is 15.7 Å². The van der Waals surface area contributed by atoms with Crippen LogP contribution in [0.2, 0.25) is 10.0 Å². The fourth-order valence-corrected chi connectivity index (χ4v) is 1.62. The van der Waals surface area contributed by atoms with Gasteiger partial charge in [0, 0.05) is 0 Å². The van der Waals surface area contributed by atoms with E-state index in [1.807, 2.05) is 4.98 Å². The van der Waals surface area contributed by atoms with Gasteiger partial charge in [0.05, 0.1) is 15.7 Å². The molecule has 0 radical (unpaired) electrons. The number of aromatic nitrogens is 3. The Morgan fingerprint density at radius 2 is 1.95 bits per heavy atom. The molecule has 2 N–H and O–H groups in total. The molecule has 0 aliphatic heterocycles. The van der Waals surface area contributed by atoms with Crippen LogP contribution in [0.4, 0.5) is 0 Å². The Balaban J connectivity index is 2.71. The number of aromatic amines is 1. The van der Waals surface area contributed by atoms with Gasteiger partial charge in [-0.15, -0.1) is 0 Å². The molecule has 0 aliphatic carbocycles. The van der Waals surface area contributed by atoms with E-state index >= 15 is 0 Å². The maximum Gasteiger partial charge on any atom is 0.362 e. The van der Waals surface area contributed by atoms with E-state index in [2.05, 4.69) is 5.10 Å². The average Bonchev–Trinajstić information content (AvgIpc) is 2.32. The molecule has 0 bridgehead atoms. The first kappa shape index (κ1) is 13.3. The molecule has 0 saturated carbocycles. The Hall–Kier alpha value is -2.12. The fourth-order valence-electron chi connectivity index (χ4n) is 1.33. The van der Waals surface area contributed by atoms with Gasteiger partial charge in [-0.25, -0.2) is 9.59 Å². The Morgan fingerprint density at radius 3 is 2.53 bits per heavy atom. The first-order valence-electron chi connectivity index (χ1n) is 4.82. The number of nitrogens with zero attached hydrogens (tertiary/aromatic N) is 2. The van der Waals surface area contributed by atoms with E-state index in [1.165, 1.54) is 18.2 Å². The van der Waals surface area contributed by atoms with Crippen LogP contribution in [-0.2, 0) is 0 Å². The van der Waals surface area contributed by atoms with Crippen LogP contribution in [0.5, 0.6) is 0 Å². The van der Waals surface area contributed by atoms with Gasteiger partial charge < -0.3 is 5.11 Å². The fraction of sp³-hybridized carbons (Fsp3) is 0. The number of halogens is 2. The van der Waals surface area contributed by atoms with Crippen molar-refractivity contribution in [1.29, 1.82) is 0 Å². The van der Waals surface area contributed by atoms with Crippen molar-refractivity contribution in [3.05, 3.63) is 54.8 Å². The van der Waals surface area contributed by atoms with Crippen molar-refractivity contribution in [3.63, 3.8) is 0 Å². The lowest BCUT2D eigenvalue weighted by Crippen LogP contribution is -2.35. The Bertz CT molecular complexity index is 781. The van der Waals surface area contributed by atoms with Crippen LogP contribution in [0.15, 0.2) is 27.8 Å². The number of carboxylic acid groups (broad SMARTS) is 1. The van der Waals surface area contributed by atoms with E-state index in [1.54, 1.807) is 0 Å². The van der Waals surface area contributed by atoms with Crippen LogP contribution in [0.1, 0.15) is 10.5 Å². The smallest absolute Gasteiger partial charge is 0.362 e. The molecule has 98 valence electrons. The topological polar surface area (TPSA) is 105 Å². The quantitative estimate of drug-likeness (QED) is 0.858. The van der Waals surface area contributed by atoms with Crippen molar-refractivity contribution >= 4 is 29.2 Å². The summed E-state index contributed by atoms with van der Waals surface area (Å²) in [6.45, 7) is 0. The molecule has 0 unspecified atom stereocenters. The Kier molecular flexibility index (Phi) is 3.41. The molecule has 0 amide bonds. The van der Waals surface area contributed by atoms with Gasteiger partial charge in [-0.2, -0.15) is 9.78 Å². The Morgan fingerprint density at radius 1 is 1.26 bits per heavy atom. The molecule has 0 saturated heterocycles. The number of hydrogen-bond acceptors (Lipinski definition) is 4. The third kappa shape index (κ3) is 2.51. The zero-order valence-corrected chi connectivity index (χ0v) is 10.6. The molecule has 0 fully saturated rings.